The lowest BCUT2D eigenvalue weighted by atomic mass is 9.91. The summed E-state index contributed by atoms with van der Waals surface area (Å²) in [6.45, 7) is 1.05. The van der Waals surface area contributed by atoms with Gasteiger partial charge in [0.15, 0.2) is 0 Å². The maximum Gasteiger partial charge on any atom is 0.316 e. The maximum absolute atomic E-state index is 12.9. The van der Waals surface area contributed by atoms with Gasteiger partial charge in [-0.15, -0.1) is 0 Å². The summed E-state index contributed by atoms with van der Waals surface area (Å²) in [4.78, 5) is 30.3. The molecule has 1 aliphatic heterocycles. The van der Waals surface area contributed by atoms with E-state index < -0.39 is 0 Å². The van der Waals surface area contributed by atoms with Crippen molar-refractivity contribution in [2.45, 2.75) is 12.5 Å². The van der Waals surface area contributed by atoms with Gasteiger partial charge in [0.25, 0.3) is 5.91 Å². The number of hydrogen-bond acceptors (Lipinski definition) is 5. The van der Waals surface area contributed by atoms with Crippen LogP contribution >= 0.6 is 0 Å². The molecule has 0 spiro atoms. The molecule has 0 saturated carbocycles. The molecule has 7 nitrogen and oxygen atoms in total. The van der Waals surface area contributed by atoms with Crippen LogP contribution in [0.4, 0.5) is 0 Å². The second kappa shape index (κ2) is 6.35. The molecule has 1 amide bonds. The number of carbonyl (C=O) groups excluding carboxylic acids is 1. The predicted octanol–water partition coefficient (Wildman–Crippen LogP) is 2.00. The number of amides is 1. The maximum atomic E-state index is 12.9. The minimum Gasteiger partial charge on any atom is -0.467 e. The van der Waals surface area contributed by atoms with E-state index in [2.05, 4.69) is 32.1 Å². The lowest BCUT2D eigenvalue weighted by Crippen LogP contribution is -2.38. The van der Waals surface area contributed by atoms with Gasteiger partial charge < -0.3 is 14.6 Å². The largest absolute Gasteiger partial charge is 0.467 e. The number of aromatic nitrogens is 4. The molecule has 126 valence electrons. The standard InChI is InChI=1S/C18H17N5O2/c1-25-18-19-7-13(8-20-18)17(24)23-9-14(12-5-3-2-4-6-12)16-15(10-23)21-11-22-16/h2-8,11,14H,9-10H2,1H3,(H,21,22). The topological polar surface area (TPSA) is 84.0 Å². The van der Waals surface area contributed by atoms with Gasteiger partial charge in [-0.2, -0.15) is 0 Å². The Morgan fingerprint density at radius 3 is 2.68 bits per heavy atom. The number of rotatable bonds is 3. The molecule has 0 aliphatic carbocycles. The zero-order valence-electron chi connectivity index (χ0n) is 13.7. The second-order valence-corrected chi connectivity index (χ2v) is 5.87. The monoisotopic (exact) mass is 335 g/mol. The number of hydrogen-bond donors (Lipinski definition) is 1. The first-order valence-electron chi connectivity index (χ1n) is 7.98. The summed E-state index contributed by atoms with van der Waals surface area (Å²) in [5.41, 5.74) is 3.54. The molecule has 1 aliphatic rings. The number of nitrogens with one attached hydrogen (secondary N) is 1. The van der Waals surface area contributed by atoms with Crippen molar-refractivity contribution in [3.05, 3.63) is 71.6 Å². The Labute approximate surface area is 144 Å². The van der Waals surface area contributed by atoms with Crippen molar-refractivity contribution < 1.29 is 9.53 Å². The van der Waals surface area contributed by atoms with Gasteiger partial charge in [0.1, 0.15) is 0 Å². The Kier molecular flexibility index (Phi) is 3.89. The normalized spacial score (nSPS) is 16.4. The van der Waals surface area contributed by atoms with E-state index in [-0.39, 0.29) is 17.8 Å². The number of fused-ring (bicyclic) bond motifs is 1. The molecule has 4 rings (SSSR count). The highest BCUT2D eigenvalue weighted by Crippen LogP contribution is 2.32. The quantitative estimate of drug-likeness (QED) is 0.791. The fourth-order valence-electron chi connectivity index (χ4n) is 3.14. The Hall–Kier alpha value is -3.22. The van der Waals surface area contributed by atoms with E-state index in [1.54, 1.807) is 11.2 Å². The van der Waals surface area contributed by atoms with Crippen LogP contribution in [0, 0.1) is 0 Å². The van der Waals surface area contributed by atoms with Gasteiger partial charge in [-0.3, -0.25) is 4.79 Å². The number of nitrogens with zero attached hydrogens (tertiary/aromatic N) is 4. The molecular weight excluding hydrogens is 318 g/mol. The first-order valence-corrected chi connectivity index (χ1v) is 7.98. The third-order valence-electron chi connectivity index (χ3n) is 4.38. The Balaban J connectivity index is 1.64. The van der Waals surface area contributed by atoms with E-state index in [1.165, 1.54) is 19.5 Å². The van der Waals surface area contributed by atoms with E-state index >= 15 is 0 Å². The van der Waals surface area contributed by atoms with E-state index in [0.29, 0.717) is 18.7 Å². The molecule has 0 saturated heterocycles. The molecule has 1 aromatic carbocycles. The fraction of sp³-hybridized carbons (Fsp3) is 0.222. The molecule has 25 heavy (non-hydrogen) atoms. The van der Waals surface area contributed by atoms with Crippen LogP contribution in [-0.4, -0.2) is 44.4 Å². The average molecular weight is 335 g/mol. The zero-order chi connectivity index (χ0) is 17.2. The third kappa shape index (κ3) is 2.84. The van der Waals surface area contributed by atoms with Crippen LogP contribution in [-0.2, 0) is 6.54 Å². The molecular formula is C18H17N5O2. The molecule has 3 heterocycles. The minimum atomic E-state index is -0.108. The summed E-state index contributed by atoms with van der Waals surface area (Å²) >= 11 is 0. The highest BCUT2D eigenvalue weighted by Gasteiger charge is 2.31. The van der Waals surface area contributed by atoms with Crippen molar-refractivity contribution in [3.63, 3.8) is 0 Å². The van der Waals surface area contributed by atoms with Crippen molar-refractivity contribution in [2.75, 3.05) is 13.7 Å². The lowest BCUT2D eigenvalue weighted by Gasteiger charge is -2.32. The Bertz CT molecular complexity index is 876. The molecule has 1 atom stereocenters. The SMILES string of the molecule is COc1ncc(C(=O)N2Cc3[nH]cnc3C(c3ccccc3)C2)cn1. The summed E-state index contributed by atoms with van der Waals surface area (Å²) < 4.78 is 4.94. The smallest absolute Gasteiger partial charge is 0.316 e. The predicted molar refractivity (Wildman–Crippen MR) is 90.2 cm³/mol. The number of aromatic amines is 1. The van der Waals surface area contributed by atoms with Crippen molar-refractivity contribution in [2.24, 2.45) is 0 Å². The molecule has 1 N–H and O–H groups in total. The number of H-pyrrole nitrogens is 1. The fourth-order valence-corrected chi connectivity index (χ4v) is 3.14. The van der Waals surface area contributed by atoms with Crippen LogP contribution in [0.15, 0.2) is 49.1 Å². The van der Waals surface area contributed by atoms with Crippen LogP contribution in [0.2, 0.25) is 0 Å². The van der Waals surface area contributed by atoms with Crippen molar-refractivity contribution >= 4 is 5.91 Å². The van der Waals surface area contributed by atoms with Gasteiger partial charge in [0.2, 0.25) is 0 Å². The highest BCUT2D eigenvalue weighted by molar-refractivity contribution is 5.93. The molecule has 1 unspecified atom stereocenters. The molecule has 0 bridgehead atoms. The third-order valence-corrected chi connectivity index (χ3v) is 4.38. The number of carbonyl (C=O) groups is 1. The molecule has 0 fully saturated rings. The lowest BCUT2D eigenvalue weighted by molar-refractivity contribution is 0.0721. The second-order valence-electron chi connectivity index (χ2n) is 5.87. The summed E-state index contributed by atoms with van der Waals surface area (Å²) in [5.74, 6) is -0.0665. The van der Waals surface area contributed by atoms with Crippen LogP contribution in [0.5, 0.6) is 6.01 Å². The van der Waals surface area contributed by atoms with E-state index in [9.17, 15) is 4.79 Å². The molecule has 2 aromatic heterocycles. The van der Waals surface area contributed by atoms with Gasteiger partial charge >= 0.3 is 6.01 Å². The minimum absolute atomic E-state index is 0.0410. The zero-order valence-corrected chi connectivity index (χ0v) is 13.7. The summed E-state index contributed by atoms with van der Waals surface area (Å²) in [7, 11) is 1.49. The van der Waals surface area contributed by atoms with Gasteiger partial charge in [0, 0.05) is 24.9 Å². The Morgan fingerprint density at radius 1 is 1.20 bits per heavy atom. The number of benzene rings is 1. The van der Waals surface area contributed by atoms with Gasteiger partial charge in [-0.1, -0.05) is 30.3 Å². The van der Waals surface area contributed by atoms with E-state index in [0.717, 1.165) is 17.0 Å². The number of ether oxygens (including phenoxy) is 1. The number of imidazole rings is 1. The average Bonchev–Trinajstić information content (AvgIpc) is 3.16. The highest BCUT2D eigenvalue weighted by atomic mass is 16.5. The van der Waals surface area contributed by atoms with E-state index in [1.807, 2.05) is 18.2 Å². The van der Waals surface area contributed by atoms with Crippen LogP contribution < -0.4 is 4.74 Å². The Morgan fingerprint density at radius 2 is 1.96 bits per heavy atom. The van der Waals surface area contributed by atoms with Gasteiger partial charge in [0.05, 0.1) is 36.9 Å². The van der Waals surface area contributed by atoms with Crippen molar-refractivity contribution in [1.29, 1.82) is 0 Å². The molecule has 7 heteroatoms. The van der Waals surface area contributed by atoms with Gasteiger partial charge in [-0.25, -0.2) is 15.0 Å². The van der Waals surface area contributed by atoms with Crippen LogP contribution in [0.1, 0.15) is 33.2 Å². The first-order chi connectivity index (χ1) is 12.3. The van der Waals surface area contributed by atoms with Crippen molar-refractivity contribution in [1.82, 2.24) is 24.8 Å². The van der Waals surface area contributed by atoms with Crippen molar-refractivity contribution in [3.8, 4) is 6.01 Å². The molecule has 0 radical (unpaired) electrons. The van der Waals surface area contributed by atoms with Gasteiger partial charge in [-0.05, 0) is 5.56 Å². The van der Waals surface area contributed by atoms with Crippen LogP contribution in [0.3, 0.4) is 0 Å². The first kappa shape index (κ1) is 15.3. The molecule has 3 aromatic rings. The number of methoxy groups -OCH3 is 1. The van der Waals surface area contributed by atoms with Crippen LogP contribution in [0.25, 0.3) is 0 Å². The summed E-state index contributed by atoms with van der Waals surface area (Å²) in [6, 6.07) is 10.4. The van der Waals surface area contributed by atoms with E-state index in [4.69, 9.17) is 4.74 Å². The summed E-state index contributed by atoms with van der Waals surface area (Å²) in [5, 5.41) is 0. The summed E-state index contributed by atoms with van der Waals surface area (Å²) in [6.07, 6.45) is 4.67.